The number of aryl methyl sites for hydroxylation is 1. The Morgan fingerprint density at radius 3 is 2.48 bits per heavy atom. The van der Waals surface area contributed by atoms with Gasteiger partial charge in [-0.3, -0.25) is 14.7 Å². The van der Waals surface area contributed by atoms with E-state index in [2.05, 4.69) is 21.7 Å². The maximum Gasteiger partial charge on any atom is 0.266 e. The van der Waals surface area contributed by atoms with E-state index < -0.39 is 0 Å². The van der Waals surface area contributed by atoms with Gasteiger partial charge in [0.15, 0.2) is 5.17 Å². The first-order chi connectivity index (χ1) is 12.0. The van der Waals surface area contributed by atoms with Crippen molar-refractivity contribution in [1.82, 2.24) is 9.47 Å². The maximum absolute atomic E-state index is 12.3. The van der Waals surface area contributed by atoms with Crippen molar-refractivity contribution < 1.29 is 4.79 Å². The van der Waals surface area contributed by atoms with E-state index in [4.69, 9.17) is 5.26 Å². The smallest absolute Gasteiger partial charge is 0.266 e. The molecule has 0 unspecified atom stereocenters. The van der Waals surface area contributed by atoms with E-state index in [-0.39, 0.29) is 5.91 Å². The predicted molar refractivity (Wildman–Crippen MR) is 102 cm³/mol. The van der Waals surface area contributed by atoms with Crippen molar-refractivity contribution in [2.24, 2.45) is 4.99 Å². The molecule has 0 radical (unpaired) electrons. The number of nitrogens with zero attached hydrogens (tertiary/aromatic N) is 4. The van der Waals surface area contributed by atoms with Crippen LogP contribution in [0.5, 0.6) is 0 Å². The quantitative estimate of drug-likeness (QED) is 0.779. The third kappa shape index (κ3) is 2.99. The van der Waals surface area contributed by atoms with Crippen LogP contribution in [0.4, 0.5) is 0 Å². The molecule has 5 nitrogen and oxygen atoms in total. The fourth-order valence-corrected chi connectivity index (χ4v) is 3.82. The van der Waals surface area contributed by atoms with Crippen LogP contribution in [0.15, 0.2) is 40.2 Å². The number of amidine groups is 1. The number of carbonyl (C=O) groups is 1. The number of thioether (sulfide) groups is 1. The SMILES string of the molecule is CN=C1S/C(=C/c2cc(C)n(-c3ccc(C#N)cc3)c2C)C(=O)N1C. The van der Waals surface area contributed by atoms with Crippen LogP contribution in [0.25, 0.3) is 11.8 Å². The van der Waals surface area contributed by atoms with Gasteiger partial charge in [-0.05, 0) is 67.6 Å². The summed E-state index contributed by atoms with van der Waals surface area (Å²) in [5.74, 6) is -0.0335. The summed E-state index contributed by atoms with van der Waals surface area (Å²) >= 11 is 1.39. The van der Waals surface area contributed by atoms with Crippen molar-refractivity contribution in [2.75, 3.05) is 14.1 Å². The van der Waals surface area contributed by atoms with Crippen molar-refractivity contribution in [2.45, 2.75) is 13.8 Å². The van der Waals surface area contributed by atoms with E-state index in [1.165, 1.54) is 11.8 Å². The number of hydrogen-bond acceptors (Lipinski definition) is 4. The molecule has 1 aliphatic rings. The van der Waals surface area contributed by atoms with Crippen LogP contribution in [-0.2, 0) is 4.79 Å². The van der Waals surface area contributed by atoms with Crippen LogP contribution in [0.3, 0.4) is 0 Å². The molecule has 1 amide bonds. The molecule has 0 spiro atoms. The van der Waals surface area contributed by atoms with Gasteiger partial charge in [0.25, 0.3) is 5.91 Å². The van der Waals surface area contributed by atoms with E-state index >= 15 is 0 Å². The minimum Gasteiger partial charge on any atom is -0.318 e. The van der Waals surface area contributed by atoms with Gasteiger partial charge < -0.3 is 4.57 Å². The monoisotopic (exact) mass is 350 g/mol. The van der Waals surface area contributed by atoms with E-state index in [1.807, 2.05) is 44.2 Å². The minimum atomic E-state index is -0.0335. The van der Waals surface area contributed by atoms with Gasteiger partial charge in [0.2, 0.25) is 0 Å². The molecule has 1 saturated heterocycles. The summed E-state index contributed by atoms with van der Waals surface area (Å²) in [5, 5.41) is 9.65. The number of likely N-dealkylation sites (N-methyl/N-ethyl adjacent to an activating group) is 1. The first kappa shape index (κ1) is 17.1. The molecule has 0 saturated carbocycles. The molecule has 25 heavy (non-hydrogen) atoms. The summed E-state index contributed by atoms with van der Waals surface area (Å²) in [6.07, 6.45) is 1.92. The molecular formula is C19H18N4OS. The van der Waals surface area contributed by atoms with Crippen molar-refractivity contribution in [1.29, 1.82) is 5.26 Å². The second-order valence-electron chi connectivity index (χ2n) is 5.80. The Kier molecular flexibility index (Phi) is 4.51. The summed E-state index contributed by atoms with van der Waals surface area (Å²) in [6.45, 7) is 4.06. The molecule has 2 heterocycles. The molecule has 0 atom stereocenters. The summed E-state index contributed by atoms with van der Waals surface area (Å²) in [5.41, 5.74) is 4.76. The van der Waals surface area contributed by atoms with Crippen molar-refractivity contribution in [3.8, 4) is 11.8 Å². The Bertz CT molecular complexity index is 945. The Labute approximate surface area is 151 Å². The fraction of sp³-hybridized carbons (Fsp3) is 0.211. The summed E-state index contributed by atoms with van der Waals surface area (Å²) in [6, 6.07) is 11.7. The molecular weight excluding hydrogens is 332 g/mol. The number of carbonyl (C=O) groups excluding carboxylic acids is 1. The number of nitriles is 1. The first-order valence-corrected chi connectivity index (χ1v) is 8.61. The average Bonchev–Trinajstić information content (AvgIpc) is 3.05. The van der Waals surface area contributed by atoms with Crippen LogP contribution in [0, 0.1) is 25.2 Å². The summed E-state index contributed by atoms with van der Waals surface area (Å²) < 4.78 is 2.12. The van der Waals surface area contributed by atoms with Crippen molar-refractivity contribution >= 4 is 28.9 Å². The van der Waals surface area contributed by atoms with Gasteiger partial charge in [0.1, 0.15) is 0 Å². The Balaban J connectivity index is 2.02. The number of rotatable bonds is 2. The van der Waals surface area contributed by atoms with Gasteiger partial charge in [-0.25, -0.2) is 0 Å². The molecule has 126 valence electrons. The summed E-state index contributed by atoms with van der Waals surface area (Å²) in [7, 11) is 3.42. The first-order valence-electron chi connectivity index (χ1n) is 7.80. The summed E-state index contributed by atoms with van der Waals surface area (Å²) in [4.78, 5) is 18.7. The minimum absolute atomic E-state index is 0.0335. The zero-order valence-corrected chi connectivity index (χ0v) is 15.4. The molecule has 3 rings (SSSR count). The highest BCUT2D eigenvalue weighted by molar-refractivity contribution is 8.18. The standard InChI is InChI=1S/C19H18N4OS/c1-12-9-15(10-17-18(24)22(4)19(21-3)25-17)13(2)23(12)16-7-5-14(11-20)6-8-16/h5-10H,1-4H3/b17-10+,21-19?. The largest absolute Gasteiger partial charge is 0.318 e. The van der Waals surface area contributed by atoms with Crippen LogP contribution in [0.2, 0.25) is 0 Å². The molecule has 0 aliphatic carbocycles. The lowest BCUT2D eigenvalue weighted by Gasteiger charge is -2.09. The van der Waals surface area contributed by atoms with E-state index in [1.54, 1.807) is 19.0 Å². The molecule has 1 aromatic heterocycles. The highest BCUT2D eigenvalue weighted by atomic mass is 32.2. The van der Waals surface area contributed by atoms with Gasteiger partial charge in [-0.2, -0.15) is 5.26 Å². The molecule has 0 bridgehead atoms. The Morgan fingerprint density at radius 2 is 1.92 bits per heavy atom. The molecule has 1 fully saturated rings. The lowest BCUT2D eigenvalue weighted by Crippen LogP contribution is -2.23. The molecule has 0 N–H and O–H groups in total. The third-order valence-electron chi connectivity index (χ3n) is 4.21. The zero-order chi connectivity index (χ0) is 18.1. The van der Waals surface area contributed by atoms with E-state index in [0.717, 1.165) is 22.6 Å². The highest BCUT2D eigenvalue weighted by Gasteiger charge is 2.30. The van der Waals surface area contributed by atoms with Crippen LogP contribution in [0.1, 0.15) is 22.5 Å². The zero-order valence-electron chi connectivity index (χ0n) is 14.6. The number of amides is 1. The van der Waals surface area contributed by atoms with E-state index in [9.17, 15) is 4.79 Å². The second kappa shape index (κ2) is 6.61. The topological polar surface area (TPSA) is 61.4 Å². The van der Waals surface area contributed by atoms with Gasteiger partial charge in [0, 0.05) is 31.2 Å². The molecule has 1 aliphatic heterocycles. The van der Waals surface area contributed by atoms with Gasteiger partial charge in [-0.15, -0.1) is 0 Å². The number of hydrogen-bond donors (Lipinski definition) is 0. The van der Waals surface area contributed by atoms with Gasteiger partial charge in [-0.1, -0.05) is 0 Å². The maximum atomic E-state index is 12.3. The molecule has 1 aromatic carbocycles. The number of benzene rings is 1. The lowest BCUT2D eigenvalue weighted by molar-refractivity contribution is -0.121. The third-order valence-corrected chi connectivity index (χ3v) is 5.36. The molecule has 2 aromatic rings. The number of aromatic nitrogens is 1. The van der Waals surface area contributed by atoms with E-state index in [0.29, 0.717) is 15.6 Å². The fourth-order valence-electron chi connectivity index (χ4n) is 2.91. The van der Waals surface area contributed by atoms with Crippen LogP contribution in [-0.4, -0.2) is 34.6 Å². The van der Waals surface area contributed by atoms with Crippen LogP contribution < -0.4 is 0 Å². The highest BCUT2D eigenvalue weighted by Crippen LogP contribution is 2.33. The van der Waals surface area contributed by atoms with Crippen molar-refractivity contribution in [3.63, 3.8) is 0 Å². The normalized spacial score (nSPS) is 17.6. The second-order valence-corrected chi connectivity index (χ2v) is 6.81. The lowest BCUT2D eigenvalue weighted by atomic mass is 10.2. The Hall–Kier alpha value is -2.78. The predicted octanol–water partition coefficient (Wildman–Crippen LogP) is 3.50. The van der Waals surface area contributed by atoms with Crippen molar-refractivity contribution in [3.05, 3.63) is 57.8 Å². The Morgan fingerprint density at radius 1 is 1.24 bits per heavy atom. The molecule has 6 heteroatoms. The average molecular weight is 350 g/mol. The number of aliphatic imine (C=N–C) groups is 1. The van der Waals surface area contributed by atoms with Gasteiger partial charge in [0.05, 0.1) is 16.5 Å². The van der Waals surface area contributed by atoms with Crippen LogP contribution >= 0.6 is 11.8 Å². The van der Waals surface area contributed by atoms with Gasteiger partial charge >= 0.3 is 0 Å².